The van der Waals surface area contributed by atoms with Crippen LogP contribution in [-0.2, 0) is 0 Å². The van der Waals surface area contributed by atoms with Gasteiger partial charge in [0.05, 0.1) is 6.10 Å². The zero-order valence-electron chi connectivity index (χ0n) is 7.13. The third kappa shape index (κ3) is 9.22. The first-order chi connectivity index (χ1) is 4.92. The molecule has 0 rings (SSSR count). The number of hydrogen-bond donors (Lipinski definition) is 2. The zero-order valence-corrected chi connectivity index (χ0v) is 7.13. The van der Waals surface area contributed by atoms with Crippen LogP contribution in [0, 0.1) is 11.8 Å². The van der Waals surface area contributed by atoms with Gasteiger partial charge in [-0.2, -0.15) is 0 Å². The van der Waals surface area contributed by atoms with E-state index in [4.69, 9.17) is 10.2 Å². The molecule has 0 aromatic carbocycles. The van der Waals surface area contributed by atoms with Crippen molar-refractivity contribution in [3.63, 3.8) is 0 Å². The fraction of sp³-hybridized carbons (Fsp3) is 0.556. The Morgan fingerprint density at radius 1 is 1.45 bits per heavy atom. The molecule has 0 heterocycles. The first-order valence-corrected chi connectivity index (χ1v) is 3.51. The lowest BCUT2D eigenvalue weighted by atomic mass is 10.1. The molecule has 2 heteroatoms. The molecule has 0 saturated carbocycles. The summed E-state index contributed by atoms with van der Waals surface area (Å²) in [4.78, 5) is 0. The van der Waals surface area contributed by atoms with E-state index in [0.717, 1.165) is 0 Å². The van der Waals surface area contributed by atoms with Crippen molar-refractivity contribution in [3.05, 3.63) is 12.2 Å². The van der Waals surface area contributed by atoms with Crippen molar-refractivity contribution in [2.45, 2.75) is 32.5 Å². The molecule has 0 spiro atoms. The quantitative estimate of drug-likeness (QED) is 0.546. The van der Waals surface area contributed by atoms with Crippen molar-refractivity contribution < 1.29 is 10.2 Å². The monoisotopic (exact) mass is 154 g/mol. The number of hydrogen-bond acceptors (Lipinski definition) is 2. The van der Waals surface area contributed by atoms with Crippen molar-refractivity contribution in [3.8, 4) is 11.8 Å². The number of aliphatic hydroxyl groups excluding tert-OH is 1. The number of aliphatic hydroxyl groups is 2. The molecule has 0 bridgehead atoms. The highest BCUT2D eigenvalue weighted by Crippen LogP contribution is 1.96. The third-order valence-electron chi connectivity index (χ3n) is 0.836. The normalized spacial score (nSPS) is 14.3. The Morgan fingerprint density at radius 3 is 2.36 bits per heavy atom. The van der Waals surface area contributed by atoms with Crippen molar-refractivity contribution >= 4 is 0 Å². The van der Waals surface area contributed by atoms with Crippen LogP contribution in [-0.4, -0.2) is 21.9 Å². The predicted octanol–water partition coefficient (Wildman–Crippen LogP) is 0.698. The summed E-state index contributed by atoms with van der Waals surface area (Å²) in [6.07, 6.45) is 2.60. The SMILES string of the molecule is CC(O)/C=C/C#CC(C)(C)O. The third-order valence-corrected chi connectivity index (χ3v) is 0.836. The van der Waals surface area contributed by atoms with E-state index in [1.165, 1.54) is 6.08 Å². The van der Waals surface area contributed by atoms with E-state index >= 15 is 0 Å². The van der Waals surface area contributed by atoms with Crippen molar-refractivity contribution in [1.29, 1.82) is 0 Å². The van der Waals surface area contributed by atoms with Crippen LogP contribution in [0.3, 0.4) is 0 Å². The first kappa shape index (κ1) is 10.2. The molecule has 11 heavy (non-hydrogen) atoms. The highest BCUT2D eigenvalue weighted by molar-refractivity contribution is 5.21. The van der Waals surface area contributed by atoms with Crippen molar-refractivity contribution in [1.82, 2.24) is 0 Å². The van der Waals surface area contributed by atoms with Gasteiger partial charge in [-0.05, 0) is 32.9 Å². The van der Waals surface area contributed by atoms with Gasteiger partial charge in [-0.1, -0.05) is 11.8 Å². The maximum atomic E-state index is 9.11. The van der Waals surface area contributed by atoms with Crippen LogP contribution in [0.4, 0.5) is 0 Å². The molecule has 0 saturated heterocycles. The summed E-state index contributed by atoms with van der Waals surface area (Å²) in [7, 11) is 0. The van der Waals surface area contributed by atoms with Crippen molar-refractivity contribution in [2.75, 3.05) is 0 Å². The lowest BCUT2D eigenvalue weighted by Crippen LogP contribution is -2.14. The molecule has 2 nitrogen and oxygen atoms in total. The minimum Gasteiger partial charge on any atom is -0.389 e. The molecule has 1 unspecified atom stereocenters. The standard InChI is InChI=1S/C9H14O2/c1-8(10)6-4-5-7-9(2,3)11/h4,6,8,10-11H,1-3H3/b6-4+. The van der Waals surface area contributed by atoms with Gasteiger partial charge in [0.25, 0.3) is 0 Å². The molecule has 2 N–H and O–H groups in total. The Hall–Kier alpha value is -0.780. The van der Waals surface area contributed by atoms with E-state index in [9.17, 15) is 0 Å². The van der Waals surface area contributed by atoms with Crippen LogP contribution in [0.2, 0.25) is 0 Å². The molecular formula is C9H14O2. The maximum Gasteiger partial charge on any atom is 0.120 e. The van der Waals surface area contributed by atoms with E-state index in [1.54, 1.807) is 26.8 Å². The second-order valence-electron chi connectivity index (χ2n) is 2.93. The molecule has 0 aromatic heterocycles. The molecule has 0 aliphatic heterocycles. The highest BCUT2D eigenvalue weighted by Gasteiger charge is 2.04. The smallest absolute Gasteiger partial charge is 0.120 e. The summed E-state index contributed by atoms with van der Waals surface area (Å²) >= 11 is 0. The summed E-state index contributed by atoms with van der Waals surface area (Å²) in [5.41, 5.74) is -0.955. The van der Waals surface area contributed by atoms with Gasteiger partial charge < -0.3 is 10.2 Å². The van der Waals surface area contributed by atoms with Gasteiger partial charge in [0.15, 0.2) is 0 Å². The van der Waals surface area contributed by atoms with Crippen LogP contribution in [0.15, 0.2) is 12.2 Å². The highest BCUT2D eigenvalue weighted by atomic mass is 16.3. The van der Waals surface area contributed by atoms with E-state index in [2.05, 4.69) is 11.8 Å². The van der Waals surface area contributed by atoms with E-state index < -0.39 is 11.7 Å². The predicted molar refractivity (Wildman–Crippen MR) is 44.9 cm³/mol. The Labute approximate surface area is 67.6 Å². The topological polar surface area (TPSA) is 40.5 Å². The average Bonchev–Trinajstić information content (AvgIpc) is 1.78. The van der Waals surface area contributed by atoms with Crippen LogP contribution in [0.25, 0.3) is 0 Å². The van der Waals surface area contributed by atoms with E-state index in [-0.39, 0.29) is 0 Å². The van der Waals surface area contributed by atoms with Gasteiger partial charge in [0, 0.05) is 0 Å². The van der Waals surface area contributed by atoms with Crippen LogP contribution in [0.1, 0.15) is 20.8 Å². The molecular weight excluding hydrogens is 140 g/mol. The lowest BCUT2D eigenvalue weighted by Gasteiger charge is -2.05. The fourth-order valence-electron chi connectivity index (χ4n) is 0.406. The summed E-state index contributed by atoms with van der Waals surface area (Å²) in [6, 6.07) is 0. The van der Waals surface area contributed by atoms with Gasteiger partial charge in [0.1, 0.15) is 5.60 Å². The van der Waals surface area contributed by atoms with Gasteiger partial charge >= 0.3 is 0 Å². The van der Waals surface area contributed by atoms with Gasteiger partial charge in [-0.25, -0.2) is 0 Å². The van der Waals surface area contributed by atoms with Crippen LogP contribution >= 0.6 is 0 Å². The number of rotatable bonds is 1. The van der Waals surface area contributed by atoms with Crippen molar-refractivity contribution in [2.24, 2.45) is 0 Å². The van der Waals surface area contributed by atoms with Crippen LogP contribution < -0.4 is 0 Å². The Kier molecular flexibility index (Phi) is 3.88. The minimum atomic E-state index is -0.955. The maximum absolute atomic E-state index is 9.11. The van der Waals surface area contributed by atoms with Gasteiger partial charge in [0.2, 0.25) is 0 Å². The fourth-order valence-corrected chi connectivity index (χ4v) is 0.406. The Bertz CT molecular complexity index is 186. The minimum absolute atomic E-state index is 0.480. The number of allylic oxidation sites excluding steroid dienone is 1. The molecule has 0 fully saturated rings. The summed E-state index contributed by atoms with van der Waals surface area (Å²) in [5.74, 6) is 5.20. The lowest BCUT2D eigenvalue weighted by molar-refractivity contribution is 0.143. The molecule has 0 amide bonds. The van der Waals surface area contributed by atoms with E-state index in [1.807, 2.05) is 0 Å². The Balaban J connectivity index is 3.92. The first-order valence-electron chi connectivity index (χ1n) is 3.51. The van der Waals surface area contributed by atoms with Gasteiger partial charge in [-0.3, -0.25) is 0 Å². The van der Waals surface area contributed by atoms with Gasteiger partial charge in [-0.15, -0.1) is 0 Å². The molecule has 0 aliphatic carbocycles. The van der Waals surface area contributed by atoms with Crippen LogP contribution in [0.5, 0.6) is 0 Å². The summed E-state index contributed by atoms with van der Waals surface area (Å²) < 4.78 is 0. The molecule has 62 valence electrons. The summed E-state index contributed by atoms with van der Waals surface area (Å²) in [5, 5.41) is 17.9. The molecule has 0 radical (unpaired) electrons. The average molecular weight is 154 g/mol. The second kappa shape index (κ2) is 4.17. The second-order valence-corrected chi connectivity index (χ2v) is 2.93. The Morgan fingerprint density at radius 2 is 2.00 bits per heavy atom. The molecule has 1 atom stereocenters. The molecule has 0 aromatic rings. The summed E-state index contributed by atoms with van der Waals surface area (Å²) in [6.45, 7) is 4.86. The van der Waals surface area contributed by atoms with E-state index in [0.29, 0.717) is 0 Å². The molecule has 0 aliphatic rings. The largest absolute Gasteiger partial charge is 0.389 e. The zero-order chi connectivity index (χ0) is 8.91.